The summed E-state index contributed by atoms with van der Waals surface area (Å²) in [6.07, 6.45) is -5.34. The molecule has 0 unspecified atom stereocenters. The summed E-state index contributed by atoms with van der Waals surface area (Å²) >= 11 is 0. The maximum atomic E-state index is 13.7. The second-order valence-electron chi connectivity index (χ2n) is 4.82. The molecule has 0 aliphatic heterocycles. The second-order valence-corrected chi connectivity index (χ2v) is 4.82. The highest BCUT2D eigenvalue weighted by Crippen LogP contribution is 2.26. The van der Waals surface area contributed by atoms with Crippen LogP contribution in [0.4, 0.5) is 42.1 Å². The topological polar surface area (TPSA) is 58.2 Å². The predicted octanol–water partition coefficient (Wildman–Crippen LogP) is 4.00. The standard InChI is InChI=1S/C15H7F7N2O2/c16-7-3-1-2-6(12(7)19)13(25)23-10-5-11(9(18)4-8(10)17)24-14(26)15(20,21)22/h1-5H,(H,23,25)(H,24,26). The third-order valence-electron chi connectivity index (χ3n) is 3.01. The monoisotopic (exact) mass is 380 g/mol. The first-order valence-corrected chi connectivity index (χ1v) is 6.63. The van der Waals surface area contributed by atoms with Crippen molar-refractivity contribution in [1.82, 2.24) is 0 Å². The fraction of sp³-hybridized carbons (Fsp3) is 0.0667. The van der Waals surface area contributed by atoms with Crippen LogP contribution in [0.25, 0.3) is 0 Å². The lowest BCUT2D eigenvalue weighted by molar-refractivity contribution is -0.167. The molecule has 0 radical (unpaired) electrons. The summed E-state index contributed by atoms with van der Waals surface area (Å²) in [5, 5.41) is 2.91. The van der Waals surface area contributed by atoms with E-state index >= 15 is 0 Å². The molecule has 0 aromatic heterocycles. The Balaban J connectivity index is 2.32. The third kappa shape index (κ3) is 4.10. The SMILES string of the molecule is O=C(Nc1cc(NC(=O)C(F)(F)F)c(F)cc1F)c1cccc(F)c1F. The van der Waals surface area contributed by atoms with Crippen molar-refractivity contribution in [2.75, 3.05) is 10.6 Å². The number of carbonyl (C=O) groups is 2. The Labute approximate surface area is 140 Å². The van der Waals surface area contributed by atoms with Crippen molar-refractivity contribution in [3.05, 3.63) is 59.2 Å². The first kappa shape index (κ1) is 19.2. The van der Waals surface area contributed by atoms with Crippen LogP contribution in [-0.2, 0) is 4.79 Å². The lowest BCUT2D eigenvalue weighted by atomic mass is 10.1. The number of carbonyl (C=O) groups excluding carboxylic acids is 2. The van der Waals surface area contributed by atoms with Crippen molar-refractivity contribution in [1.29, 1.82) is 0 Å². The average molecular weight is 380 g/mol. The van der Waals surface area contributed by atoms with Crippen LogP contribution in [0.3, 0.4) is 0 Å². The van der Waals surface area contributed by atoms with E-state index in [0.717, 1.165) is 23.5 Å². The van der Waals surface area contributed by atoms with Gasteiger partial charge in [-0.1, -0.05) is 6.07 Å². The molecule has 138 valence electrons. The highest BCUT2D eigenvalue weighted by atomic mass is 19.4. The largest absolute Gasteiger partial charge is 0.471 e. The van der Waals surface area contributed by atoms with Crippen molar-refractivity contribution >= 4 is 23.2 Å². The number of alkyl halides is 3. The van der Waals surface area contributed by atoms with Crippen molar-refractivity contribution in [3.63, 3.8) is 0 Å². The maximum absolute atomic E-state index is 13.7. The number of hydrogen-bond donors (Lipinski definition) is 2. The van der Waals surface area contributed by atoms with E-state index in [1.807, 2.05) is 0 Å². The zero-order chi connectivity index (χ0) is 19.6. The van der Waals surface area contributed by atoms with Crippen molar-refractivity contribution in [2.45, 2.75) is 6.18 Å². The van der Waals surface area contributed by atoms with E-state index < -0.39 is 58.2 Å². The molecule has 2 aromatic rings. The smallest absolute Gasteiger partial charge is 0.319 e. The van der Waals surface area contributed by atoms with Crippen LogP contribution in [0, 0.1) is 23.3 Å². The summed E-state index contributed by atoms with van der Waals surface area (Å²) < 4.78 is 90.5. The molecule has 2 N–H and O–H groups in total. The Morgan fingerprint density at radius 3 is 1.96 bits per heavy atom. The Kier molecular flexibility index (Phi) is 5.19. The number of rotatable bonds is 3. The third-order valence-corrected chi connectivity index (χ3v) is 3.01. The van der Waals surface area contributed by atoms with Gasteiger partial charge >= 0.3 is 12.1 Å². The van der Waals surface area contributed by atoms with E-state index in [4.69, 9.17) is 0 Å². The van der Waals surface area contributed by atoms with Crippen LogP contribution in [0.5, 0.6) is 0 Å². The van der Waals surface area contributed by atoms with Gasteiger partial charge in [0.2, 0.25) is 0 Å². The number of hydrogen-bond acceptors (Lipinski definition) is 2. The van der Waals surface area contributed by atoms with Gasteiger partial charge in [0.05, 0.1) is 16.9 Å². The summed E-state index contributed by atoms with van der Waals surface area (Å²) in [5.74, 6) is -9.75. The van der Waals surface area contributed by atoms with Crippen LogP contribution in [0.1, 0.15) is 10.4 Å². The van der Waals surface area contributed by atoms with Gasteiger partial charge in [-0.05, 0) is 18.2 Å². The second kappa shape index (κ2) is 7.02. The molecule has 2 rings (SSSR count). The summed E-state index contributed by atoms with van der Waals surface area (Å²) in [7, 11) is 0. The van der Waals surface area contributed by atoms with Crippen molar-refractivity contribution < 1.29 is 40.3 Å². The molecule has 0 saturated carbocycles. The summed E-state index contributed by atoms with van der Waals surface area (Å²) in [4.78, 5) is 22.7. The van der Waals surface area contributed by atoms with Crippen molar-refractivity contribution in [3.8, 4) is 0 Å². The van der Waals surface area contributed by atoms with Crippen LogP contribution in [-0.4, -0.2) is 18.0 Å². The van der Waals surface area contributed by atoms with E-state index in [9.17, 15) is 40.3 Å². The normalized spacial score (nSPS) is 11.2. The van der Waals surface area contributed by atoms with E-state index in [1.54, 1.807) is 5.32 Å². The van der Waals surface area contributed by atoms with Gasteiger partial charge in [-0.15, -0.1) is 0 Å². The fourth-order valence-electron chi connectivity index (χ4n) is 1.80. The van der Waals surface area contributed by atoms with Gasteiger partial charge in [-0.2, -0.15) is 13.2 Å². The van der Waals surface area contributed by atoms with Gasteiger partial charge in [-0.3, -0.25) is 9.59 Å². The zero-order valence-corrected chi connectivity index (χ0v) is 12.3. The highest BCUT2D eigenvalue weighted by Gasteiger charge is 2.39. The first-order valence-electron chi connectivity index (χ1n) is 6.63. The minimum Gasteiger partial charge on any atom is -0.319 e. The van der Waals surface area contributed by atoms with Gasteiger partial charge < -0.3 is 10.6 Å². The number of benzene rings is 2. The fourth-order valence-corrected chi connectivity index (χ4v) is 1.80. The molecule has 0 heterocycles. The number of halogens is 7. The molecule has 0 bridgehead atoms. The van der Waals surface area contributed by atoms with Gasteiger partial charge in [0.25, 0.3) is 5.91 Å². The molecule has 0 spiro atoms. The van der Waals surface area contributed by atoms with E-state index in [1.165, 1.54) is 0 Å². The molecule has 0 saturated heterocycles. The highest BCUT2D eigenvalue weighted by molar-refractivity contribution is 6.05. The van der Waals surface area contributed by atoms with Crippen LogP contribution in [0.2, 0.25) is 0 Å². The Morgan fingerprint density at radius 1 is 0.808 bits per heavy atom. The van der Waals surface area contributed by atoms with E-state index in [0.29, 0.717) is 6.07 Å². The molecule has 0 aliphatic carbocycles. The van der Waals surface area contributed by atoms with Crippen LogP contribution >= 0.6 is 0 Å². The predicted molar refractivity (Wildman–Crippen MR) is 75.4 cm³/mol. The Bertz CT molecular complexity index is 881. The first-order chi connectivity index (χ1) is 12.0. The van der Waals surface area contributed by atoms with Crippen LogP contribution in [0.15, 0.2) is 30.3 Å². The molecule has 2 amide bonds. The molecule has 26 heavy (non-hydrogen) atoms. The molecule has 0 aliphatic rings. The summed E-state index contributed by atoms with van der Waals surface area (Å²) in [5.41, 5.74) is -2.77. The summed E-state index contributed by atoms with van der Waals surface area (Å²) in [6, 6.07) is 3.03. The van der Waals surface area contributed by atoms with E-state index in [2.05, 4.69) is 0 Å². The number of amides is 2. The minimum atomic E-state index is -5.34. The van der Waals surface area contributed by atoms with Crippen LogP contribution < -0.4 is 10.6 Å². The quantitative estimate of drug-likeness (QED) is 0.791. The molecule has 0 atom stereocenters. The molecule has 2 aromatic carbocycles. The lowest BCUT2D eigenvalue weighted by Gasteiger charge is -2.12. The minimum absolute atomic E-state index is 0.101. The van der Waals surface area contributed by atoms with Gasteiger partial charge in [0.15, 0.2) is 11.6 Å². The lowest BCUT2D eigenvalue weighted by Crippen LogP contribution is -2.30. The average Bonchev–Trinajstić information content (AvgIpc) is 2.53. The van der Waals surface area contributed by atoms with Crippen molar-refractivity contribution in [2.24, 2.45) is 0 Å². The maximum Gasteiger partial charge on any atom is 0.471 e. The van der Waals surface area contributed by atoms with Gasteiger partial charge in [0, 0.05) is 6.07 Å². The number of nitrogens with one attached hydrogen (secondary N) is 2. The molecule has 4 nitrogen and oxygen atoms in total. The molecule has 0 fully saturated rings. The molecule has 11 heteroatoms. The number of anilines is 2. The van der Waals surface area contributed by atoms with Gasteiger partial charge in [-0.25, -0.2) is 17.6 Å². The van der Waals surface area contributed by atoms with E-state index in [-0.39, 0.29) is 6.07 Å². The molecular formula is C15H7F7N2O2. The Hall–Kier alpha value is -3.11. The summed E-state index contributed by atoms with van der Waals surface area (Å²) in [6.45, 7) is 0. The zero-order valence-electron chi connectivity index (χ0n) is 12.3. The van der Waals surface area contributed by atoms with Gasteiger partial charge in [0.1, 0.15) is 11.6 Å². The molecular weight excluding hydrogens is 373 g/mol. The Morgan fingerprint density at radius 2 is 1.38 bits per heavy atom.